The van der Waals surface area contributed by atoms with Gasteiger partial charge in [0.05, 0.1) is 0 Å². The van der Waals surface area contributed by atoms with Crippen LogP contribution in [-0.2, 0) is 5.33 Å². The van der Waals surface area contributed by atoms with Crippen LogP contribution in [0.3, 0.4) is 0 Å². The molecule has 0 aliphatic rings. The fourth-order valence-corrected chi connectivity index (χ4v) is 2.85. The lowest BCUT2D eigenvalue weighted by atomic mass is 10.1. The molecule has 19 heavy (non-hydrogen) atoms. The second-order valence-electron chi connectivity index (χ2n) is 4.36. The standard InChI is InChI=1S/C15H13BrCl2O/c1-9-5-13(18)6-10(2)15(9)19-14-7-12(17)4-3-11(14)8-16/h3-7H,8H2,1-2H3. The van der Waals surface area contributed by atoms with Crippen molar-refractivity contribution < 1.29 is 4.74 Å². The minimum atomic E-state index is 0.656. The maximum absolute atomic E-state index is 6.03. The van der Waals surface area contributed by atoms with Crippen molar-refractivity contribution in [1.82, 2.24) is 0 Å². The first-order chi connectivity index (χ1) is 9.01. The first-order valence-corrected chi connectivity index (χ1v) is 7.68. The summed E-state index contributed by atoms with van der Waals surface area (Å²) in [6, 6.07) is 9.41. The Morgan fingerprint density at radius 3 is 2.21 bits per heavy atom. The highest BCUT2D eigenvalue weighted by atomic mass is 79.9. The van der Waals surface area contributed by atoms with Gasteiger partial charge in [-0.2, -0.15) is 0 Å². The van der Waals surface area contributed by atoms with Crippen molar-refractivity contribution in [2.75, 3.05) is 0 Å². The molecular formula is C15H13BrCl2O. The number of benzene rings is 2. The van der Waals surface area contributed by atoms with E-state index in [1.165, 1.54) is 0 Å². The minimum absolute atomic E-state index is 0.656. The highest BCUT2D eigenvalue weighted by Crippen LogP contribution is 2.34. The molecule has 100 valence electrons. The third-order valence-electron chi connectivity index (χ3n) is 2.81. The number of alkyl halides is 1. The van der Waals surface area contributed by atoms with Gasteiger partial charge in [0.1, 0.15) is 11.5 Å². The van der Waals surface area contributed by atoms with Gasteiger partial charge in [0.15, 0.2) is 0 Å². The molecule has 2 rings (SSSR count). The van der Waals surface area contributed by atoms with Crippen molar-refractivity contribution in [2.24, 2.45) is 0 Å². The molecule has 0 saturated carbocycles. The third-order valence-corrected chi connectivity index (χ3v) is 3.87. The summed E-state index contributed by atoms with van der Waals surface area (Å²) in [5.41, 5.74) is 3.06. The normalized spacial score (nSPS) is 10.6. The first kappa shape index (κ1) is 14.7. The zero-order chi connectivity index (χ0) is 14.0. The van der Waals surface area contributed by atoms with Crippen LogP contribution in [0.5, 0.6) is 11.5 Å². The summed E-state index contributed by atoms with van der Waals surface area (Å²) >= 11 is 15.5. The Hall–Kier alpha value is -0.700. The molecule has 0 aliphatic carbocycles. The van der Waals surface area contributed by atoms with Crippen molar-refractivity contribution in [3.05, 3.63) is 57.1 Å². The Morgan fingerprint density at radius 1 is 1.00 bits per heavy atom. The number of hydrogen-bond donors (Lipinski definition) is 0. The van der Waals surface area contributed by atoms with E-state index >= 15 is 0 Å². The van der Waals surface area contributed by atoms with Gasteiger partial charge in [-0.1, -0.05) is 45.2 Å². The van der Waals surface area contributed by atoms with Gasteiger partial charge in [-0.05, 0) is 49.2 Å². The van der Waals surface area contributed by atoms with Gasteiger partial charge in [0.2, 0.25) is 0 Å². The Bertz CT molecular complexity index is 588. The topological polar surface area (TPSA) is 9.23 Å². The number of aryl methyl sites for hydroxylation is 2. The van der Waals surface area contributed by atoms with Crippen LogP contribution in [-0.4, -0.2) is 0 Å². The van der Waals surface area contributed by atoms with E-state index in [0.717, 1.165) is 28.2 Å². The summed E-state index contributed by atoms with van der Waals surface area (Å²) in [6.07, 6.45) is 0. The molecule has 0 aromatic heterocycles. The highest BCUT2D eigenvalue weighted by molar-refractivity contribution is 9.08. The molecule has 0 radical (unpaired) electrons. The zero-order valence-corrected chi connectivity index (χ0v) is 13.7. The number of rotatable bonds is 3. The smallest absolute Gasteiger partial charge is 0.133 e. The molecule has 0 N–H and O–H groups in total. The van der Waals surface area contributed by atoms with Crippen molar-refractivity contribution in [3.8, 4) is 11.5 Å². The van der Waals surface area contributed by atoms with Gasteiger partial charge < -0.3 is 4.74 Å². The molecule has 4 heteroatoms. The summed E-state index contributed by atoms with van der Waals surface area (Å²) < 4.78 is 6.02. The summed E-state index contributed by atoms with van der Waals surface area (Å²) in [4.78, 5) is 0. The zero-order valence-electron chi connectivity index (χ0n) is 10.6. The molecule has 0 atom stereocenters. The van der Waals surface area contributed by atoms with Crippen molar-refractivity contribution in [1.29, 1.82) is 0 Å². The average molecular weight is 360 g/mol. The van der Waals surface area contributed by atoms with E-state index in [1.54, 1.807) is 0 Å². The van der Waals surface area contributed by atoms with Crippen molar-refractivity contribution in [3.63, 3.8) is 0 Å². The van der Waals surface area contributed by atoms with Gasteiger partial charge in [-0.3, -0.25) is 0 Å². The summed E-state index contributed by atoms with van der Waals surface area (Å²) in [7, 11) is 0. The van der Waals surface area contributed by atoms with Crippen LogP contribution in [0, 0.1) is 13.8 Å². The van der Waals surface area contributed by atoms with E-state index in [-0.39, 0.29) is 0 Å². The largest absolute Gasteiger partial charge is 0.456 e. The van der Waals surface area contributed by atoms with Crippen LogP contribution in [0.1, 0.15) is 16.7 Å². The van der Waals surface area contributed by atoms with Crippen LogP contribution >= 0.6 is 39.1 Å². The minimum Gasteiger partial charge on any atom is -0.456 e. The molecule has 0 fully saturated rings. The molecule has 0 heterocycles. The van der Waals surface area contributed by atoms with E-state index in [4.69, 9.17) is 27.9 Å². The van der Waals surface area contributed by atoms with E-state index in [2.05, 4.69) is 15.9 Å². The summed E-state index contributed by atoms with van der Waals surface area (Å²) in [6.45, 7) is 3.96. The molecule has 0 amide bonds. The van der Waals surface area contributed by atoms with Crippen molar-refractivity contribution in [2.45, 2.75) is 19.2 Å². The van der Waals surface area contributed by atoms with Crippen LogP contribution in [0.15, 0.2) is 30.3 Å². The van der Waals surface area contributed by atoms with Crippen LogP contribution in [0.25, 0.3) is 0 Å². The third kappa shape index (κ3) is 3.44. The van der Waals surface area contributed by atoms with Crippen LogP contribution in [0.2, 0.25) is 10.0 Å². The lowest BCUT2D eigenvalue weighted by Crippen LogP contribution is -1.94. The Balaban J connectivity index is 2.44. The predicted molar refractivity (Wildman–Crippen MR) is 85.1 cm³/mol. The molecule has 1 nitrogen and oxygen atoms in total. The SMILES string of the molecule is Cc1cc(Cl)cc(C)c1Oc1cc(Cl)ccc1CBr. The lowest BCUT2D eigenvalue weighted by Gasteiger charge is -2.15. The van der Waals surface area contributed by atoms with Crippen LogP contribution < -0.4 is 4.74 Å². The Morgan fingerprint density at radius 2 is 1.63 bits per heavy atom. The summed E-state index contributed by atoms with van der Waals surface area (Å²) in [5, 5.41) is 2.09. The van der Waals surface area contributed by atoms with Gasteiger partial charge in [0.25, 0.3) is 0 Å². The Kier molecular flexibility index (Phi) is 4.77. The second-order valence-corrected chi connectivity index (χ2v) is 5.79. The van der Waals surface area contributed by atoms with E-state index in [9.17, 15) is 0 Å². The maximum atomic E-state index is 6.03. The molecule has 0 unspecified atom stereocenters. The maximum Gasteiger partial charge on any atom is 0.133 e. The van der Waals surface area contributed by atoms with Crippen molar-refractivity contribution >= 4 is 39.1 Å². The second kappa shape index (κ2) is 6.17. The molecular weight excluding hydrogens is 347 g/mol. The summed E-state index contributed by atoms with van der Waals surface area (Å²) in [5.74, 6) is 1.59. The molecule has 0 bridgehead atoms. The van der Waals surface area contributed by atoms with Crippen LogP contribution in [0.4, 0.5) is 0 Å². The molecule has 2 aromatic carbocycles. The Labute approximate surface area is 131 Å². The predicted octanol–water partition coefficient (Wildman–Crippen LogP) is 6.30. The van der Waals surface area contributed by atoms with Gasteiger partial charge in [0, 0.05) is 20.9 Å². The van der Waals surface area contributed by atoms with E-state index in [1.807, 2.05) is 44.2 Å². The number of ether oxygens (including phenoxy) is 1. The van der Waals surface area contributed by atoms with E-state index < -0.39 is 0 Å². The highest BCUT2D eigenvalue weighted by Gasteiger charge is 2.10. The van der Waals surface area contributed by atoms with Gasteiger partial charge >= 0.3 is 0 Å². The van der Waals surface area contributed by atoms with E-state index in [0.29, 0.717) is 15.4 Å². The fraction of sp³-hybridized carbons (Fsp3) is 0.200. The van der Waals surface area contributed by atoms with Gasteiger partial charge in [-0.25, -0.2) is 0 Å². The van der Waals surface area contributed by atoms with Gasteiger partial charge in [-0.15, -0.1) is 0 Å². The first-order valence-electron chi connectivity index (χ1n) is 5.80. The quantitative estimate of drug-likeness (QED) is 0.584. The number of halogens is 3. The molecule has 2 aromatic rings. The lowest BCUT2D eigenvalue weighted by molar-refractivity contribution is 0.471. The number of hydrogen-bond acceptors (Lipinski definition) is 1. The fourth-order valence-electron chi connectivity index (χ4n) is 1.90. The monoisotopic (exact) mass is 358 g/mol. The molecule has 0 spiro atoms. The average Bonchev–Trinajstić information content (AvgIpc) is 2.34. The molecule has 0 aliphatic heterocycles. The molecule has 0 saturated heterocycles.